The van der Waals surface area contributed by atoms with Gasteiger partial charge in [-0.2, -0.15) is 0 Å². The number of carbonyl (C=O) groups excluding carboxylic acids is 1. The predicted octanol–water partition coefficient (Wildman–Crippen LogP) is 0.644. The average Bonchev–Trinajstić information content (AvgIpc) is 1.98. The zero-order chi connectivity index (χ0) is 6.15. The molecule has 3 heteroatoms. The van der Waals surface area contributed by atoms with Crippen LogP contribution in [0.5, 0.6) is 0 Å². The molecule has 0 aromatic rings. The summed E-state index contributed by atoms with van der Waals surface area (Å²) in [7, 11) is 3.55. The summed E-state index contributed by atoms with van der Waals surface area (Å²) >= 11 is 0. The molecule has 0 aromatic carbocycles. The predicted molar refractivity (Wildman–Crippen MR) is 30.9 cm³/mol. The van der Waals surface area contributed by atoms with E-state index in [4.69, 9.17) is 0 Å². The van der Waals surface area contributed by atoms with E-state index in [1.54, 1.807) is 0 Å². The Morgan fingerprint density at radius 1 is 1.78 bits per heavy atom. The largest absolute Gasteiger partial charge is 0.495 e. The van der Waals surface area contributed by atoms with Crippen molar-refractivity contribution in [1.29, 1.82) is 0 Å². The molecule has 0 aliphatic carbocycles. The molecule has 49 valence electrons. The topological polar surface area (TPSA) is 20.3 Å². The summed E-state index contributed by atoms with van der Waals surface area (Å²) in [4.78, 5) is 12.3. The van der Waals surface area contributed by atoms with Gasteiger partial charge < -0.3 is 4.90 Å². The molecule has 1 aliphatic rings. The van der Waals surface area contributed by atoms with Crippen LogP contribution in [-0.2, 0) is 37.5 Å². The molecule has 1 fully saturated rings. The SMILES string of the molecule is [CH2-]N1CCC(C)C1=O.[Y]. The van der Waals surface area contributed by atoms with Crippen molar-refractivity contribution in [3.8, 4) is 0 Å². The van der Waals surface area contributed by atoms with Gasteiger partial charge in [0.25, 0.3) is 0 Å². The van der Waals surface area contributed by atoms with Gasteiger partial charge in [-0.25, -0.2) is 0 Å². The molecule has 1 unspecified atom stereocenters. The quantitative estimate of drug-likeness (QED) is 0.527. The number of hydrogen-bond donors (Lipinski definition) is 0. The van der Waals surface area contributed by atoms with Gasteiger partial charge in [0.05, 0.1) is 0 Å². The van der Waals surface area contributed by atoms with Crippen LogP contribution in [0.3, 0.4) is 0 Å². The van der Waals surface area contributed by atoms with Crippen LogP contribution in [-0.4, -0.2) is 17.4 Å². The Labute approximate surface area is 80.9 Å². The van der Waals surface area contributed by atoms with Gasteiger partial charge in [-0.15, -0.1) is 0 Å². The molecule has 1 heterocycles. The summed E-state index contributed by atoms with van der Waals surface area (Å²) in [5.74, 6) is 0.400. The van der Waals surface area contributed by atoms with E-state index in [0.717, 1.165) is 13.0 Å². The third-order valence-corrected chi connectivity index (χ3v) is 1.57. The molecule has 0 bridgehead atoms. The van der Waals surface area contributed by atoms with Crippen LogP contribution in [0.15, 0.2) is 0 Å². The van der Waals surface area contributed by atoms with Gasteiger partial charge in [0.2, 0.25) is 0 Å². The minimum absolute atomic E-state index is 0. The first-order valence-corrected chi connectivity index (χ1v) is 2.83. The van der Waals surface area contributed by atoms with Gasteiger partial charge in [0, 0.05) is 38.6 Å². The number of carbonyl (C=O) groups is 1. The summed E-state index contributed by atoms with van der Waals surface area (Å²) in [5, 5.41) is 0. The van der Waals surface area contributed by atoms with Gasteiger partial charge in [0.1, 0.15) is 0 Å². The molecular weight excluding hydrogens is 191 g/mol. The van der Waals surface area contributed by atoms with Crippen molar-refractivity contribution in [3.63, 3.8) is 0 Å². The molecule has 0 saturated carbocycles. The summed E-state index contributed by atoms with van der Waals surface area (Å²) in [6.07, 6.45) is 0.975. The van der Waals surface area contributed by atoms with Crippen molar-refractivity contribution in [3.05, 3.63) is 7.05 Å². The molecule has 0 aromatic heterocycles. The van der Waals surface area contributed by atoms with Crippen LogP contribution < -0.4 is 0 Å². The number of rotatable bonds is 0. The number of nitrogens with zero attached hydrogens (tertiary/aromatic N) is 1. The molecule has 0 spiro atoms. The Morgan fingerprint density at radius 2 is 2.33 bits per heavy atom. The molecule has 1 saturated heterocycles. The Kier molecular flexibility index (Phi) is 3.91. The molecule has 9 heavy (non-hydrogen) atoms. The first-order chi connectivity index (χ1) is 3.72. The van der Waals surface area contributed by atoms with E-state index < -0.39 is 0 Å². The maximum Gasteiger partial charge on any atom is 0.196 e. The number of likely N-dealkylation sites (tertiary alicyclic amines) is 1. The fraction of sp³-hybridized carbons (Fsp3) is 0.667. The summed E-state index contributed by atoms with van der Waals surface area (Å²) < 4.78 is 0. The van der Waals surface area contributed by atoms with E-state index in [2.05, 4.69) is 7.05 Å². The van der Waals surface area contributed by atoms with Crippen LogP contribution in [0.25, 0.3) is 0 Å². The maximum atomic E-state index is 10.8. The van der Waals surface area contributed by atoms with Crippen molar-refractivity contribution in [1.82, 2.24) is 4.90 Å². The first-order valence-electron chi connectivity index (χ1n) is 2.83. The Hall–Kier alpha value is 0.574. The molecule has 1 aliphatic heterocycles. The van der Waals surface area contributed by atoms with Gasteiger partial charge in [-0.3, -0.25) is 11.8 Å². The summed E-state index contributed by atoms with van der Waals surface area (Å²) in [5.41, 5.74) is 0. The fourth-order valence-corrected chi connectivity index (χ4v) is 0.895. The van der Waals surface area contributed by atoms with E-state index in [0.29, 0.717) is 0 Å². The van der Waals surface area contributed by atoms with Gasteiger partial charge in [-0.05, 0) is 13.0 Å². The van der Waals surface area contributed by atoms with Gasteiger partial charge in [-0.1, -0.05) is 6.92 Å². The van der Waals surface area contributed by atoms with Gasteiger partial charge in [0.15, 0.2) is 5.91 Å². The van der Waals surface area contributed by atoms with Crippen LogP contribution in [0, 0.1) is 13.0 Å². The third-order valence-electron chi connectivity index (χ3n) is 1.57. The smallest absolute Gasteiger partial charge is 0.196 e. The molecule has 1 atom stereocenters. The van der Waals surface area contributed by atoms with Crippen molar-refractivity contribution < 1.29 is 37.5 Å². The molecule has 0 N–H and O–H groups in total. The first kappa shape index (κ1) is 9.57. The van der Waals surface area contributed by atoms with Crippen molar-refractivity contribution in [2.45, 2.75) is 13.3 Å². The van der Waals surface area contributed by atoms with E-state index >= 15 is 0 Å². The van der Waals surface area contributed by atoms with Crippen LogP contribution >= 0.6 is 0 Å². The van der Waals surface area contributed by atoms with E-state index in [9.17, 15) is 4.79 Å². The van der Waals surface area contributed by atoms with Gasteiger partial charge >= 0.3 is 0 Å². The van der Waals surface area contributed by atoms with Crippen LogP contribution in [0.1, 0.15) is 13.3 Å². The molecule has 2 nitrogen and oxygen atoms in total. The third kappa shape index (κ3) is 2.01. The summed E-state index contributed by atoms with van der Waals surface area (Å²) in [6.45, 7) is 2.77. The van der Waals surface area contributed by atoms with Crippen molar-refractivity contribution in [2.24, 2.45) is 5.92 Å². The second-order valence-electron chi connectivity index (χ2n) is 2.29. The molecule has 1 radical (unpaired) electrons. The van der Waals surface area contributed by atoms with E-state index in [1.165, 1.54) is 4.90 Å². The average molecular weight is 201 g/mol. The second kappa shape index (κ2) is 3.67. The Balaban J connectivity index is 0.000000640. The van der Waals surface area contributed by atoms with Crippen LogP contribution in [0.4, 0.5) is 0 Å². The second-order valence-corrected chi connectivity index (χ2v) is 2.29. The Morgan fingerprint density at radius 3 is 2.44 bits per heavy atom. The molecule has 1 amide bonds. The number of amides is 1. The standard InChI is InChI=1S/C6H10NO.Y/c1-5-3-4-7(2)6(5)8;/h5H,2-4H2,1H3;/q-1;. The maximum absolute atomic E-state index is 10.8. The zero-order valence-corrected chi connectivity index (χ0v) is 8.47. The molecular formula is C6H10NOY-. The monoisotopic (exact) mass is 201 g/mol. The van der Waals surface area contributed by atoms with Crippen molar-refractivity contribution >= 4 is 5.91 Å². The van der Waals surface area contributed by atoms with Crippen molar-refractivity contribution in [2.75, 3.05) is 6.54 Å². The Bertz CT molecular complexity index is 104. The minimum Gasteiger partial charge on any atom is -0.495 e. The summed E-state index contributed by atoms with van der Waals surface area (Å²) in [6, 6.07) is 0. The zero-order valence-electron chi connectivity index (χ0n) is 5.63. The molecule has 1 rings (SSSR count). The van der Waals surface area contributed by atoms with Crippen LogP contribution in [0.2, 0.25) is 0 Å². The van der Waals surface area contributed by atoms with E-state index in [-0.39, 0.29) is 44.5 Å². The fourth-order valence-electron chi connectivity index (χ4n) is 0.895. The normalized spacial score (nSPS) is 26.2. The minimum atomic E-state index is 0. The number of hydrogen-bond acceptors (Lipinski definition) is 1. The van der Waals surface area contributed by atoms with E-state index in [1.807, 2.05) is 6.92 Å².